The van der Waals surface area contributed by atoms with Crippen LogP contribution in [0.5, 0.6) is 0 Å². The Hall–Kier alpha value is -0.130. The van der Waals surface area contributed by atoms with Gasteiger partial charge in [-0.2, -0.15) is 0 Å². The molecule has 2 rings (SSSR count). The van der Waals surface area contributed by atoms with Crippen molar-refractivity contribution in [2.45, 2.75) is 69.6 Å². The molecule has 0 aromatic rings. The van der Waals surface area contributed by atoms with Gasteiger partial charge in [-0.1, -0.05) is 26.2 Å². The Labute approximate surface area is 118 Å². The van der Waals surface area contributed by atoms with E-state index < -0.39 is 10.0 Å². The summed E-state index contributed by atoms with van der Waals surface area (Å²) < 4.78 is 27.2. The van der Waals surface area contributed by atoms with Crippen molar-refractivity contribution in [3.05, 3.63) is 0 Å². The minimum Gasteiger partial charge on any atom is -0.313 e. The molecule has 2 aliphatic rings. The van der Waals surface area contributed by atoms with Crippen LogP contribution in [-0.4, -0.2) is 43.6 Å². The lowest BCUT2D eigenvalue weighted by Gasteiger charge is -2.28. The number of nitrogens with zero attached hydrogens (tertiary/aromatic N) is 1. The van der Waals surface area contributed by atoms with Crippen LogP contribution in [0.1, 0.15) is 58.3 Å². The lowest BCUT2D eigenvalue weighted by molar-refractivity contribution is 0.359. The highest BCUT2D eigenvalue weighted by Crippen LogP contribution is 2.27. The van der Waals surface area contributed by atoms with Crippen molar-refractivity contribution in [1.82, 2.24) is 9.62 Å². The van der Waals surface area contributed by atoms with Crippen molar-refractivity contribution in [1.29, 1.82) is 0 Å². The lowest BCUT2D eigenvalue weighted by atomic mass is 10.2. The molecule has 0 amide bonds. The van der Waals surface area contributed by atoms with Crippen LogP contribution in [0.3, 0.4) is 0 Å². The second kappa shape index (κ2) is 7.04. The summed E-state index contributed by atoms with van der Waals surface area (Å²) in [5.41, 5.74) is 0. The first-order valence-corrected chi connectivity index (χ1v) is 9.37. The van der Waals surface area contributed by atoms with Crippen LogP contribution in [0.15, 0.2) is 0 Å². The molecule has 1 heterocycles. The molecular weight excluding hydrogens is 260 g/mol. The zero-order chi connectivity index (χ0) is 13.7. The molecule has 1 unspecified atom stereocenters. The topological polar surface area (TPSA) is 49.4 Å². The Bertz CT molecular complexity index is 358. The first kappa shape index (κ1) is 15.3. The summed E-state index contributed by atoms with van der Waals surface area (Å²) >= 11 is 0. The SMILES string of the molecule is CCCCN(CC1CCCN1)S(=O)(=O)C1CCCC1. The molecule has 0 spiro atoms. The van der Waals surface area contributed by atoms with E-state index in [4.69, 9.17) is 0 Å². The van der Waals surface area contributed by atoms with Gasteiger partial charge in [0, 0.05) is 19.1 Å². The minimum atomic E-state index is -3.07. The monoisotopic (exact) mass is 288 g/mol. The molecule has 5 heteroatoms. The second-order valence-electron chi connectivity index (χ2n) is 5.96. The van der Waals surface area contributed by atoms with E-state index in [0.29, 0.717) is 19.1 Å². The first-order valence-electron chi connectivity index (χ1n) is 7.87. The highest BCUT2D eigenvalue weighted by Gasteiger charge is 2.35. The molecule has 2 fully saturated rings. The van der Waals surface area contributed by atoms with Crippen LogP contribution in [0.4, 0.5) is 0 Å². The average Bonchev–Trinajstić information content (AvgIpc) is 3.06. The fraction of sp³-hybridized carbons (Fsp3) is 1.00. The van der Waals surface area contributed by atoms with E-state index in [0.717, 1.165) is 51.5 Å². The molecule has 0 radical (unpaired) electrons. The number of hydrogen-bond acceptors (Lipinski definition) is 3. The molecule has 1 aliphatic carbocycles. The molecule has 1 atom stereocenters. The van der Waals surface area contributed by atoms with E-state index in [9.17, 15) is 8.42 Å². The van der Waals surface area contributed by atoms with E-state index >= 15 is 0 Å². The third-order valence-electron chi connectivity index (χ3n) is 4.43. The number of nitrogens with one attached hydrogen (secondary N) is 1. The van der Waals surface area contributed by atoms with Gasteiger partial charge in [0.15, 0.2) is 0 Å². The predicted octanol–water partition coefficient (Wildman–Crippen LogP) is 2.11. The minimum absolute atomic E-state index is 0.106. The van der Waals surface area contributed by atoms with Crippen molar-refractivity contribution in [2.24, 2.45) is 0 Å². The molecular formula is C14H28N2O2S. The van der Waals surface area contributed by atoms with Crippen molar-refractivity contribution in [2.75, 3.05) is 19.6 Å². The summed E-state index contributed by atoms with van der Waals surface area (Å²) in [5, 5.41) is 3.31. The van der Waals surface area contributed by atoms with Gasteiger partial charge >= 0.3 is 0 Å². The maximum Gasteiger partial charge on any atom is 0.217 e. The van der Waals surface area contributed by atoms with Gasteiger partial charge in [0.25, 0.3) is 0 Å². The van der Waals surface area contributed by atoms with Gasteiger partial charge in [-0.15, -0.1) is 0 Å². The fourth-order valence-electron chi connectivity index (χ4n) is 3.21. The molecule has 19 heavy (non-hydrogen) atoms. The van der Waals surface area contributed by atoms with Gasteiger partial charge in [0.05, 0.1) is 5.25 Å². The van der Waals surface area contributed by atoms with Crippen LogP contribution in [-0.2, 0) is 10.0 Å². The largest absolute Gasteiger partial charge is 0.313 e. The summed E-state index contributed by atoms with van der Waals surface area (Å²) in [6.07, 6.45) is 8.19. The molecule has 1 aliphatic heterocycles. The number of unbranched alkanes of at least 4 members (excludes halogenated alkanes) is 1. The van der Waals surface area contributed by atoms with E-state index in [1.165, 1.54) is 6.42 Å². The van der Waals surface area contributed by atoms with Gasteiger partial charge in [0.2, 0.25) is 10.0 Å². The van der Waals surface area contributed by atoms with E-state index in [1.807, 2.05) is 0 Å². The third kappa shape index (κ3) is 3.92. The van der Waals surface area contributed by atoms with Crippen molar-refractivity contribution >= 4 is 10.0 Å². The zero-order valence-corrected chi connectivity index (χ0v) is 12.9. The maximum absolute atomic E-state index is 12.7. The lowest BCUT2D eigenvalue weighted by Crippen LogP contribution is -2.44. The van der Waals surface area contributed by atoms with Crippen molar-refractivity contribution < 1.29 is 8.42 Å². The average molecular weight is 288 g/mol. The number of sulfonamides is 1. The zero-order valence-electron chi connectivity index (χ0n) is 12.1. The van der Waals surface area contributed by atoms with Crippen LogP contribution in [0, 0.1) is 0 Å². The second-order valence-corrected chi connectivity index (χ2v) is 8.17. The normalized spacial score (nSPS) is 25.5. The molecule has 112 valence electrons. The van der Waals surface area contributed by atoms with E-state index in [-0.39, 0.29) is 5.25 Å². The van der Waals surface area contributed by atoms with Crippen molar-refractivity contribution in [3.63, 3.8) is 0 Å². The molecule has 0 aromatic heterocycles. The van der Waals surface area contributed by atoms with Gasteiger partial charge in [-0.3, -0.25) is 0 Å². The highest BCUT2D eigenvalue weighted by atomic mass is 32.2. The van der Waals surface area contributed by atoms with E-state index in [2.05, 4.69) is 12.2 Å². The Kier molecular flexibility index (Phi) is 5.66. The smallest absolute Gasteiger partial charge is 0.217 e. The Morgan fingerprint density at radius 3 is 2.47 bits per heavy atom. The Morgan fingerprint density at radius 1 is 1.16 bits per heavy atom. The Balaban J connectivity index is 2.01. The first-order chi connectivity index (χ1) is 9.14. The van der Waals surface area contributed by atoms with Gasteiger partial charge in [-0.25, -0.2) is 12.7 Å². The third-order valence-corrected chi connectivity index (χ3v) is 6.80. The molecule has 1 saturated carbocycles. The van der Waals surface area contributed by atoms with Gasteiger partial charge < -0.3 is 5.32 Å². The summed E-state index contributed by atoms with van der Waals surface area (Å²) in [5.74, 6) is 0. The van der Waals surface area contributed by atoms with Gasteiger partial charge in [0.1, 0.15) is 0 Å². The summed E-state index contributed by atoms with van der Waals surface area (Å²) in [7, 11) is -3.07. The van der Waals surface area contributed by atoms with Crippen molar-refractivity contribution in [3.8, 4) is 0 Å². The highest BCUT2D eigenvalue weighted by molar-refractivity contribution is 7.89. The molecule has 1 saturated heterocycles. The predicted molar refractivity (Wildman–Crippen MR) is 78.7 cm³/mol. The molecule has 0 bridgehead atoms. The van der Waals surface area contributed by atoms with Crippen LogP contribution < -0.4 is 5.32 Å². The van der Waals surface area contributed by atoms with Crippen LogP contribution in [0.2, 0.25) is 0 Å². The standard InChI is InChI=1S/C14H28N2O2S/c1-2-3-11-16(12-13-7-6-10-15-13)19(17,18)14-8-4-5-9-14/h13-15H,2-12H2,1H3. The quantitative estimate of drug-likeness (QED) is 0.780. The molecule has 0 aromatic carbocycles. The number of hydrogen-bond donors (Lipinski definition) is 1. The van der Waals surface area contributed by atoms with Crippen LogP contribution in [0.25, 0.3) is 0 Å². The fourth-order valence-corrected chi connectivity index (χ4v) is 5.33. The van der Waals surface area contributed by atoms with Crippen LogP contribution >= 0.6 is 0 Å². The summed E-state index contributed by atoms with van der Waals surface area (Å²) in [6.45, 7) is 4.54. The molecule has 1 N–H and O–H groups in total. The molecule has 4 nitrogen and oxygen atoms in total. The summed E-state index contributed by atoms with van der Waals surface area (Å²) in [6, 6.07) is 0.369. The van der Waals surface area contributed by atoms with Gasteiger partial charge in [-0.05, 0) is 38.6 Å². The Morgan fingerprint density at radius 2 is 1.89 bits per heavy atom. The summed E-state index contributed by atoms with van der Waals surface area (Å²) in [4.78, 5) is 0. The maximum atomic E-state index is 12.7. The number of rotatable bonds is 7. The van der Waals surface area contributed by atoms with E-state index in [1.54, 1.807) is 4.31 Å².